The first-order valence-corrected chi connectivity index (χ1v) is 5.46. The summed E-state index contributed by atoms with van der Waals surface area (Å²) in [6.07, 6.45) is 2.56. The summed E-state index contributed by atoms with van der Waals surface area (Å²) in [5.74, 6) is 0. The van der Waals surface area contributed by atoms with E-state index in [0.717, 1.165) is 23.2 Å². The Labute approximate surface area is 98.2 Å². The van der Waals surface area contributed by atoms with Crippen LogP contribution in [0, 0.1) is 0 Å². The lowest BCUT2D eigenvalue weighted by atomic mass is 10.1. The minimum atomic E-state index is 0.584. The molecule has 0 aliphatic rings. The molecule has 2 nitrogen and oxygen atoms in total. The van der Waals surface area contributed by atoms with Crippen LogP contribution in [0.1, 0.15) is 12.5 Å². The molecular weight excluding hydrogens is 231 g/mol. The maximum Gasteiger partial charge on any atom is 0.0688 e. The van der Waals surface area contributed by atoms with E-state index in [1.165, 1.54) is 0 Å². The largest absolute Gasteiger partial charge is 0.278 e. The minimum absolute atomic E-state index is 0.584. The Morgan fingerprint density at radius 3 is 2.60 bits per heavy atom. The number of nitrogens with zero attached hydrogens (tertiary/aromatic N) is 1. The topological polar surface area (TPSA) is 28.7 Å². The number of halogens is 2. The van der Waals surface area contributed by atoms with Gasteiger partial charge < -0.3 is 0 Å². The monoisotopic (exact) mass is 240 g/mol. The lowest BCUT2D eigenvalue weighted by Crippen LogP contribution is -1.87. The second-order valence-electron chi connectivity index (χ2n) is 3.22. The minimum Gasteiger partial charge on any atom is -0.278 e. The highest BCUT2D eigenvalue weighted by molar-refractivity contribution is 6.44. The molecule has 78 valence electrons. The highest BCUT2D eigenvalue weighted by atomic mass is 35.5. The van der Waals surface area contributed by atoms with Crippen LogP contribution in [0.5, 0.6) is 0 Å². The molecular formula is C11H10Cl2N2. The molecule has 1 N–H and O–H groups in total. The zero-order chi connectivity index (χ0) is 10.8. The van der Waals surface area contributed by atoms with Gasteiger partial charge in [-0.25, -0.2) is 0 Å². The molecule has 15 heavy (non-hydrogen) atoms. The Kier molecular flexibility index (Phi) is 2.98. The summed E-state index contributed by atoms with van der Waals surface area (Å²) in [6, 6.07) is 5.81. The van der Waals surface area contributed by atoms with Crippen molar-refractivity contribution in [3.63, 3.8) is 0 Å². The molecule has 2 aromatic rings. The molecule has 0 amide bonds. The molecule has 1 aromatic carbocycles. The van der Waals surface area contributed by atoms with E-state index in [-0.39, 0.29) is 0 Å². The SMILES string of the molecule is CCc1ccc(-c2ccn[nH]2)c(Cl)c1Cl. The van der Waals surface area contributed by atoms with Crippen LogP contribution < -0.4 is 0 Å². The average Bonchev–Trinajstić information content (AvgIpc) is 2.75. The molecule has 0 atom stereocenters. The summed E-state index contributed by atoms with van der Waals surface area (Å²) < 4.78 is 0. The van der Waals surface area contributed by atoms with Crippen molar-refractivity contribution >= 4 is 23.2 Å². The highest BCUT2D eigenvalue weighted by Gasteiger charge is 2.10. The Morgan fingerprint density at radius 1 is 1.20 bits per heavy atom. The number of benzene rings is 1. The molecule has 0 fully saturated rings. The van der Waals surface area contributed by atoms with Crippen LogP contribution in [0.3, 0.4) is 0 Å². The van der Waals surface area contributed by atoms with Gasteiger partial charge in [0.25, 0.3) is 0 Å². The van der Waals surface area contributed by atoms with Crippen LogP contribution in [-0.2, 0) is 6.42 Å². The molecule has 1 heterocycles. The number of nitrogens with one attached hydrogen (secondary N) is 1. The first-order chi connectivity index (χ1) is 7.24. The van der Waals surface area contributed by atoms with Gasteiger partial charge >= 0.3 is 0 Å². The van der Waals surface area contributed by atoms with E-state index in [2.05, 4.69) is 10.2 Å². The average molecular weight is 241 g/mol. The lowest BCUT2D eigenvalue weighted by molar-refractivity contribution is 1.09. The van der Waals surface area contributed by atoms with Crippen molar-refractivity contribution in [1.29, 1.82) is 0 Å². The molecule has 1 aromatic heterocycles. The first-order valence-electron chi connectivity index (χ1n) is 4.70. The number of hydrogen-bond acceptors (Lipinski definition) is 1. The lowest BCUT2D eigenvalue weighted by Gasteiger charge is -2.07. The van der Waals surface area contributed by atoms with Crippen molar-refractivity contribution in [2.45, 2.75) is 13.3 Å². The Bertz CT molecular complexity index is 464. The number of hydrogen-bond donors (Lipinski definition) is 1. The van der Waals surface area contributed by atoms with Gasteiger partial charge in [-0.05, 0) is 18.1 Å². The zero-order valence-electron chi connectivity index (χ0n) is 8.22. The van der Waals surface area contributed by atoms with E-state index >= 15 is 0 Å². The molecule has 0 saturated heterocycles. The predicted molar refractivity (Wildman–Crippen MR) is 63.4 cm³/mol. The molecule has 2 rings (SSSR count). The fourth-order valence-corrected chi connectivity index (χ4v) is 2.06. The fourth-order valence-electron chi connectivity index (χ4n) is 1.48. The maximum atomic E-state index is 6.19. The van der Waals surface area contributed by atoms with E-state index in [0.29, 0.717) is 10.0 Å². The van der Waals surface area contributed by atoms with Gasteiger partial charge in [0.15, 0.2) is 0 Å². The summed E-state index contributed by atoms with van der Waals surface area (Å²) >= 11 is 12.3. The van der Waals surface area contributed by atoms with Crippen LogP contribution in [0.15, 0.2) is 24.4 Å². The number of rotatable bonds is 2. The molecule has 0 aliphatic heterocycles. The fraction of sp³-hybridized carbons (Fsp3) is 0.182. The van der Waals surface area contributed by atoms with Crippen molar-refractivity contribution in [2.75, 3.05) is 0 Å². The van der Waals surface area contributed by atoms with Crippen molar-refractivity contribution in [2.24, 2.45) is 0 Å². The van der Waals surface area contributed by atoms with E-state index in [4.69, 9.17) is 23.2 Å². The van der Waals surface area contributed by atoms with Gasteiger partial charge in [0.1, 0.15) is 0 Å². The maximum absolute atomic E-state index is 6.19. The predicted octanol–water partition coefficient (Wildman–Crippen LogP) is 3.95. The Morgan fingerprint density at radius 2 is 2.00 bits per heavy atom. The van der Waals surface area contributed by atoms with Crippen molar-refractivity contribution in [1.82, 2.24) is 10.2 Å². The second kappa shape index (κ2) is 4.25. The van der Waals surface area contributed by atoms with Crippen LogP contribution in [-0.4, -0.2) is 10.2 Å². The first kappa shape index (κ1) is 10.5. The van der Waals surface area contributed by atoms with Crippen LogP contribution in [0.4, 0.5) is 0 Å². The molecule has 4 heteroatoms. The summed E-state index contributed by atoms with van der Waals surface area (Å²) in [4.78, 5) is 0. The smallest absolute Gasteiger partial charge is 0.0688 e. The summed E-state index contributed by atoms with van der Waals surface area (Å²) in [5, 5.41) is 7.97. The van der Waals surface area contributed by atoms with Crippen molar-refractivity contribution in [3.8, 4) is 11.3 Å². The molecule has 0 radical (unpaired) electrons. The highest BCUT2D eigenvalue weighted by Crippen LogP contribution is 2.35. The number of aromatic amines is 1. The third kappa shape index (κ3) is 1.87. The van der Waals surface area contributed by atoms with Crippen molar-refractivity contribution < 1.29 is 0 Å². The third-order valence-corrected chi connectivity index (χ3v) is 3.26. The normalized spacial score (nSPS) is 10.6. The van der Waals surface area contributed by atoms with Gasteiger partial charge in [-0.1, -0.05) is 42.3 Å². The number of H-pyrrole nitrogens is 1. The van der Waals surface area contributed by atoms with E-state index in [9.17, 15) is 0 Å². The standard InChI is InChI=1S/C11H10Cl2N2/c1-2-7-3-4-8(11(13)10(7)12)9-5-6-14-15-9/h3-6H,2H2,1H3,(H,14,15). The van der Waals surface area contributed by atoms with Gasteiger partial charge in [-0.3, -0.25) is 5.10 Å². The number of aromatic nitrogens is 2. The third-order valence-electron chi connectivity index (χ3n) is 2.33. The van der Waals surface area contributed by atoms with Crippen LogP contribution >= 0.6 is 23.2 Å². The summed E-state index contributed by atoms with van der Waals surface area (Å²) in [5.41, 5.74) is 2.82. The van der Waals surface area contributed by atoms with E-state index < -0.39 is 0 Å². The van der Waals surface area contributed by atoms with Gasteiger partial charge in [-0.2, -0.15) is 5.10 Å². The Hall–Kier alpha value is -0.990. The Balaban J connectivity index is 2.56. The molecule has 0 unspecified atom stereocenters. The van der Waals surface area contributed by atoms with Crippen LogP contribution in [0.2, 0.25) is 10.0 Å². The zero-order valence-corrected chi connectivity index (χ0v) is 9.73. The van der Waals surface area contributed by atoms with Gasteiger partial charge in [0.05, 0.1) is 15.7 Å². The number of aryl methyl sites for hydroxylation is 1. The summed E-state index contributed by atoms with van der Waals surface area (Å²) in [6.45, 7) is 2.05. The molecule has 0 aliphatic carbocycles. The van der Waals surface area contributed by atoms with E-state index in [1.54, 1.807) is 6.20 Å². The van der Waals surface area contributed by atoms with Gasteiger partial charge in [-0.15, -0.1) is 0 Å². The summed E-state index contributed by atoms with van der Waals surface area (Å²) in [7, 11) is 0. The molecule has 0 spiro atoms. The molecule has 0 bridgehead atoms. The molecule has 0 saturated carbocycles. The van der Waals surface area contributed by atoms with E-state index in [1.807, 2.05) is 25.1 Å². The van der Waals surface area contributed by atoms with Gasteiger partial charge in [0.2, 0.25) is 0 Å². The second-order valence-corrected chi connectivity index (χ2v) is 3.98. The van der Waals surface area contributed by atoms with Crippen molar-refractivity contribution in [3.05, 3.63) is 40.0 Å². The van der Waals surface area contributed by atoms with Gasteiger partial charge in [0, 0.05) is 11.8 Å². The van der Waals surface area contributed by atoms with Crippen LogP contribution in [0.25, 0.3) is 11.3 Å². The quantitative estimate of drug-likeness (QED) is 0.847.